The summed E-state index contributed by atoms with van der Waals surface area (Å²) in [5.41, 5.74) is 0. The molecule has 9 heavy (non-hydrogen) atoms. The molecule has 0 unspecified atom stereocenters. The molecule has 0 N–H and O–H groups in total. The molecule has 0 aliphatic rings. The minimum absolute atomic E-state index is 0.0824. The minimum atomic E-state index is -1.85. The van der Waals surface area contributed by atoms with Gasteiger partial charge in [0.15, 0.2) is 5.97 Å². The van der Waals surface area contributed by atoms with E-state index in [1.54, 1.807) is 0 Å². The Labute approximate surface area is 56.4 Å². The van der Waals surface area contributed by atoms with E-state index in [0.717, 1.165) is 0 Å². The highest BCUT2D eigenvalue weighted by Crippen LogP contribution is 1.78. The van der Waals surface area contributed by atoms with Gasteiger partial charge < -0.3 is 14.6 Å². The maximum Gasteiger partial charge on any atom is 0.354 e. The first-order valence-corrected chi connectivity index (χ1v) is 2.66. The summed E-state index contributed by atoms with van der Waals surface area (Å²) in [7, 11) is 0. The second-order valence-electron chi connectivity index (χ2n) is 1.11. The maximum atomic E-state index is 9.96. The predicted octanol–water partition coefficient (Wildman–Crippen LogP) is -1.48. The van der Waals surface area contributed by atoms with Crippen molar-refractivity contribution in [1.29, 1.82) is 0 Å². The number of hydrogen-bond acceptors (Lipinski definition) is 4. The zero-order valence-corrected chi connectivity index (χ0v) is 5.18. The van der Waals surface area contributed by atoms with Crippen molar-refractivity contribution >= 4 is 23.5 Å². The largest absolute Gasteiger partial charge is 0.539 e. The van der Waals surface area contributed by atoms with E-state index in [4.69, 9.17) is 11.6 Å². The van der Waals surface area contributed by atoms with Crippen LogP contribution in [0.2, 0.25) is 0 Å². The monoisotopic (exact) mass is 151 g/mol. The van der Waals surface area contributed by atoms with Crippen molar-refractivity contribution in [2.45, 2.75) is 0 Å². The van der Waals surface area contributed by atoms with Crippen molar-refractivity contribution in [3.63, 3.8) is 0 Å². The molecule has 0 aromatic carbocycles. The third kappa shape index (κ3) is 3.78. The molecule has 0 heterocycles. The highest BCUT2D eigenvalue weighted by molar-refractivity contribution is 6.27. The Bertz CT molecular complexity index is 122. The highest BCUT2D eigenvalue weighted by Gasteiger charge is 2.00. The van der Waals surface area contributed by atoms with Gasteiger partial charge in [0.1, 0.15) is 6.61 Å². The van der Waals surface area contributed by atoms with E-state index in [9.17, 15) is 14.7 Å². The number of carbonyl (C=O) groups is 2. The number of hydrogen-bond donors (Lipinski definition) is 0. The standard InChI is InChI=1S/C4H5ClO4/c5-1-2-9-4(8)3(6)7/h1-2H2,(H,6,7)/p-1. The van der Waals surface area contributed by atoms with Gasteiger partial charge in [-0.05, 0) is 0 Å². The van der Waals surface area contributed by atoms with E-state index >= 15 is 0 Å². The second kappa shape index (κ2) is 4.14. The Morgan fingerprint density at radius 3 is 2.44 bits per heavy atom. The molecule has 0 saturated heterocycles. The number of alkyl halides is 1. The second-order valence-corrected chi connectivity index (χ2v) is 1.49. The van der Waals surface area contributed by atoms with E-state index in [-0.39, 0.29) is 12.5 Å². The molecule has 0 spiro atoms. The van der Waals surface area contributed by atoms with Gasteiger partial charge in [0.05, 0.1) is 5.88 Å². The summed E-state index contributed by atoms with van der Waals surface area (Å²) in [5.74, 6) is -3.14. The molecule has 0 amide bonds. The molecule has 0 aromatic heterocycles. The fourth-order valence-corrected chi connectivity index (χ4v) is 0.267. The number of esters is 1. The van der Waals surface area contributed by atoms with Crippen LogP contribution in [0, 0.1) is 0 Å². The molecular weight excluding hydrogens is 147 g/mol. The lowest BCUT2D eigenvalue weighted by Crippen LogP contribution is -2.33. The van der Waals surface area contributed by atoms with Crippen LogP contribution in [-0.4, -0.2) is 24.4 Å². The molecule has 0 atom stereocenters. The summed E-state index contributed by atoms with van der Waals surface area (Å²) >= 11 is 5.06. The summed E-state index contributed by atoms with van der Waals surface area (Å²) in [6.45, 7) is -0.103. The fraction of sp³-hybridized carbons (Fsp3) is 0.500. The molecule has 0 fully saturated rings. The molecule has 0 aromatic rings. The van der Waals surface area contributed by atoms with Crippen LogP contribution in [0.3, 0.4) is 0 Å². The summed E-state index contributed by atoms with van der Waals surface area (Å²) in [6, 6.07) is 0. The van der Waals surface area contributed by atoms with Gasteiger partial charge in [0.2, 0.25) is 0 Å². The van der Waals surface area contributed by atoms with Gasteiger partial charge in [-0.15, -0.1) is 11.6 Å². The van der Waals surface area contributed by atoms with Crippen LogP contribution in [0.1, 0.15) is 0 Å². The summed E-state index contributed by atoms with van der Waals surface area (Å²) in [6.07, 6.45) is 0. The third-order valence-electron chi connectivity index (χ3n) is 0.477. The minimum Gasteiger partial charge on any atom is -0.539 e. The van der Waals surface area contributed by atoms with Crippen molar-refractivity contribution in [3.8, 4) is 0 Å². The zero-order chi connectivity index (χ0) is 7.28. The van der Waals surface area contributed by atoms with Crippen molar-refractivity contribution < 1.29 is 19.4 Å². The maximum absolute atomic E-state index is 9.96. The fourth-order valence-electron chi connectivity index (χ4n) is 0.190. The summed E-state index contributed by atoms with van der Waals surface area (Å²) < 4.78 is 4.02. The average molecular weight is 152 g/mol. The topological polar surface area (TPSA) is 66.4 Å². The normalized spacial score (nSPS) is 8.56. The highest BCUT2D eigenvalue weighted by atomic mass is 35.5. The van der Waals surface area contributed by atoms with Gasteiger partial charge in [-0.1, -0.05) is 0 Å². The van der Waals surface area contributed by atoms with Gasteiger partial charge in [0, 0.05) is 0 Å². The summed E-state index contributed by atoms with van der Waals surface area (Å²) in [5, 5.41) is 9.58. The van der Waals surface area contributed by atoms with Crippen LogP contribution >= 0.6 is 11.6 Å². The quantitative estimate of drug-likeness (QED) is 0.274. The molecule has 5 heteroatoms. The number of carboxylic acids is 1. The number of ether oxygens (including phenoxy) is 1. The number of rotatable bonds is 2. The smallest absolute Gasteiger partial charge is 0.354 e. The van der Waals surface area contributed by atoms with Crippen molar-refractivity contribution in [3.05, 3.63) is 0 Å². The number of halogens is 1. The SMILES string of the molecule is O=C([O-])C(=O)OCCCl. The van der Waals surface area contributed by atoms with Gasteiger partial charge in [-0.3, -0.25) is 0 Å². The predicted molar refractivity (Wildman–Crippen MR) is 26.7 cm³/mol. The molecule has 0 radical (unpaired) electrons. The van der Waals surface area contributed by atoms with Crippen LogP contribution < -0.4 is 5.11 Å². The number of aliphatic carboxylic acids is 1. The Morgan fingerprint density at radius 2 is 2.11 bits per heavy atom. The van der Waals surface area contributed by atoms with Gasteiger partial charge >= 0.3 is 5.97 Å². The van der Waals surface area contributed by atoms with Gasteiger partial charge in [0.25, 0.3) is 0 Å². The molecule has 0 aliphatic heterocycles. The van der Waals surface area contributed by atoms with Crippen LogP contribution in [-0.2, 0) is 14.3 Å². The lowest BCUT2D eigenvalue weighted by Gasteiger charge is -2.00. The van der Waals surface area contributed by atoms with Crippen LogP contribution in [0.25, 0.3) is 0 Å². The number of carbonyl (C=O) groups excluding carboxylic acids is 2. The molecule has 0 bridgehead atoms. The van der Waals surface area contributed by atoms with Gasteiger partial charge in [-0.25, -0.2) is 4.79 Å². The Kier molecular flexibility index (Phi) is 3.79. The van der Waals surface area contributed by atoms with E-state index in [2.05, 4.69) is 4.74 Å². The van der Waals surface area contributed by atoms with Crippen LogP contribution in [0.15, 0.2) is 0 Å². The Morgan fingerprint density at radius 1 is 1.56 bits per heavy atom. The Balaban J connectivity index is 3.39. The molecule has 0 saturated carbocycles. The molecule has 4 nitrogen and oxygen atoms in total. The lowest BCUT2D eigenvalue weighted by atomic mass is 10.7. The van der Waals surface area contributed by atoms with E-state index in [1.165, 1.54) is 0 Å². The van der Waals surface area contributed by atoms with Gasteiger partial charge in [-0.2, -0.15) is 0 Å². The number of carboxylic acid groups (broad SMARTS) is 1. The Hall–Kier alpha value is -0.770. The lowest BCUT2D eigenvalue weighted by molar-refractivity contribution is -0.303. The molecule has 52 valence electrons. The van der Waals surface area contributed by atoms with E-state index in [0.29, 0.717) is 0 Å². The van der Waals surface area contributed by atoms with Crippen LogP contribution in [0.5, 0.6) is 0 Å². The first-order chi connectivity index (χ1) is 4.18. The van der Waals surface area contributed by atoms with Crippen molar-refractivity contribution in [2.24, 2.45) is 0 Å². The first kappa shape index (κ1) is 8.23. The summed E-state index contributed by atoms with van der Waals surface area (Å²) in [4.78, 5) is 19.5. The van der Waals surface area contributed by atoms with Crippen molar-refractivity contribution in [2.75, 3.05) is 12.5 Å². The van der Waals surface area contributed by atoms with E-state index in [1.807, 2.05) is 0 Å². The first-order valence-electron chi connectivity index (χ1n) is 2.12. The zero-order valence-electron chi connectivity index (χ0n) is 4.43. The molecule has 0 rings (SSSR count). The average Bonchev–Trinajstić information content (AvgIpc) is 1.82. The van der Waals surface area contributed by atoms with Crippen molar-refractivity contribution in [1.82, 2.24) is 0 Å². The third-order valence-corrected chi connectivity index (χ3v) is 0.631. The van der Waals surface area contributed by atoms with Crippen LogP contribution in [0.4, 0.5) is 0 Å². The molecule has 0 aliphatic carbocycles. The molecular formula is C4H4ClO4-. The van der Waals surface area contributed by atoms with E-state index < -0.39 is 11.9 Å².